The Morgan fingerprint density at radius 3 is 2.83 bits per heavy atom. The number of hydrogen-bond donors (Lipinski definition) is 1. The van der Waals surface area contributed by atoms with Gasteiger partial charge in [-0.2, -0.15) is 0 Å². The smallest absolute Gasteiger partial charge is 0.108 e. The molecule has 0 aliphatic heterocycles. The van der Waals surface area contributed by atoms with Crippen molar-refractivity contribution >= 4 is 0 Å². The van der Waals surface area contributed by atoms with Gasteiger partial charge >= 0.3 is 0 Å². The average molecular weight is 245 g/mol. The van der Waals surface area contributed by atoms with Crippen LogP contribution in [-0.2, 0) is 19.9 Å². The van der Waals surface area contributed by atoms with Gasteiger partial charge in [0.1, 0.15) is 5.82 Å². The first kappa shape index (κ1) is 12.8. The maximum atomic E-state index is 10.2. The van der Waals surface area contributed by atoms with E-state index in [4.69, 9.17) is 0 Å². The SMILES string of the molecule is CCc1cccnc1C(O)CCc1nccn1C. The number of imidazole rings is 1. The lowest BCUT2D eigenvalue weighted by molar-refractivity contribution is 0.161. The Morgan fingerprint density at radius 1 is 1.33 bits per heavy atom. The Labute approximate surface area is 107 Å². The summed E-state index contributed by atoms with van der Waals surface area (Å²) in [6.45, 7) is 2.08. The van der Waals surface area contributed by atoms with Gasteiger partial charge in [-0.15, -0.1) is 0 Å². The standard InChI is InChI=1S/C14H19N3O/c1-3-11-5-4-8-16-14(11)12(18)6-7-13-15-9-10-17(13)2/h4-5,8-10,12,18H,3,6-7H2,1-2H3. The van der Waals surface area contributed by atoms with Crippen molar-refractivity contribution in [2.45, 2.75) is 32.3 Å². The Balaban J connectivity index is 2.03. The van der Waals surface area contributed by atoms with Crippen molar-refractivity contribution in [2.24, 2.45) is 7.05 Å². The molecule has 1 unspecified atom stereocenters. The van der Waals surface area contributed by atoms with E-state index >= 15 is 0 Å². The molecule has 4 nitrogen and oxygen atoms in total. The predicted molar refractivity (Wildman–Crippen MR) is 70.1 cm³/mol. The van der Waals surface area contributed by atoms with Crippen molar-refractivity contribution in [1.82, 2.24) is 14.5 Å². The summed E-state index contributed by atoms with van der Waals surface area (Å²) in [6, 6.07) is 3.93. The average Bonchev–Trinajstić information content (AvgIpc) is 2.81. The molecule has 0 spiro atoms. The molecule has 2 rings (SSSR count). The van der Waals surface area contributed by atoms with Crippen molar-refractivity contribution in [3.63, 3.8) is 0 Å². The van der Waals surface area contributed by atoms with E-state index in [-0.39, 0.29) is 0 Å². The summed E-state index contributed by atoms with van der Waals surface area (Å²) in [4.78, 5) is 8.55. The van der Waals surface area contributed by atoms with E-state index in [0.29, 0.717) is 6.42 Å². The summed E-state index contributed by atoms with van der Waals surface area (Å²) in [7, 11) is 1.97. The number of nitrogens with zero attached hydrogens (tertiary/aromatic N) is 3. The largest absolute Gasteiger partial charge is 0.387 e. The van der Waals surface area contributed by atoms with Gasteiger partial charge in [-0.1, -0.05) is 13.0 Å². The third-order valence-electron chi connectivity index (χ3n) is 3.18. The Morgan fingerprint density at radius 2 is 2.17 bits per heavy atom. The highest BCUT2D eigenvalue weighted by Crippen LogP contribution is 2.20. The second-order valence-corrected chi connectivity index (χ2v) is 4.41. The lowest BCUT2D eigenvalue weighted by Gasteiger charge is -2.13. The van der Waals surface area contributed by atoms with E-state index in [1.54, 1.807) is 12.4 Å². The van der Waals surface area contributed by atoms with Crippen LogP contribution in [0.5, 0.6) is 0 Å². The summed E-state index contributed by atoms with van der Waals surface area (Å²) in [5.41, 5.74) is 1.92. The second-order valence-electron chi connectivity index (χ2n) is 4.41. The van der Waals surface area contributed by atoms with E-state index in [1.807, 2.05) is 29.9 Å². The molecule has 0 aliphatic rings. The van der Waals surface area contributed by atoms with Crippen LogP contribution >= 0.6 is 0 Å². The van der Waals surface area contributed by atoms with E-state index in [9.17, 15) is 5.11 Å². The molecule has 0 radical (unpaired) electrons. The van der Waals surface area contributed by atoms with E-state index < -0.39 is 6.10 Å². The van der Waals surface area contributed by atoms with Gasteiger partial charge in [-0.05, 0) is 24.5 Å². The van der Waals surface area contributed by atoms with Crippen LogP contribution in [0.1, 0.15) is 36.5 Å². The molecule has 0 aliphatic carbocycles. The van der Waals surface area contributed by atoms with Crippen LogP contribution in [0, 0.1) is 0 Å². The quantitative estimate of drug-likeness (QED) is 0.877. The van der Waals surface area contributed by atoms with Crippen LogP contribution in [0.25, 0.3) is 0 Å². The molecule has 1 N–H and O–H groups in total. The molecule has 0 fully saturated rings. The molecular weight excluding hydrogens is 226 g/mol. The third-order valence-corrected chi connectivity index (χ3v) is 3.18. The highest BCUT2D eigenvalue weighted by Gasteiger charge is 2.13. The fraction of sp³-hybridized carbons (Fsp3) is 0.429. The first-order valence-electron chi connectivity index (χ1n) is 6.30. The topological polar surface area (TPSA) is 50.9 Å². The third kappa shape index (κ3) is 2.76. The number of rotatable bonds is 5. The van der Waals surface area contributed by atoms with Crippen LogP contribution in [-0.4, -0.2) is 19.6 Å². The fourth-order valence-electron chi connectivity index (χ4n) is 2.09. The minimum atomic E-state index is -0.516. The summed E-state index contributed by atoms with van der Waals surface area (Å²) < 4.78 is 1.98. The number of aryl methyl sites for hydroxylation is 3. The van der Waals surface area contributed by atoms with Gasteiger partial charge in [0.15, 0.2) is 0 Å². The minimum Gasteiger partial charge on any atom is -0.387 e. The fourth-order valence-corrected chi connectivity index (χ4v) is 2.09. The minimum absolute atomic E-state index is 0.516. The Bertz CT molecular complexity index is 507. The van der Waals surface area contributed by atoms with Crippen LogP contribution in [0.4, 0.5) is 0 Å². The van der Waals surface area contributed by atoms with Gasteiger partial charge in [0.2, 0.25) is 0 Å². The van der Waals surface area contributed by atoms with Crippen LogP contribution in [0.15, 0.2) is 30.7 Å². The summed E-state index contributed by atoms with van der Waals surface area (Å²) in [5.74, 6) is 0.989. The van der Waals surface area contributed by atoms with Crippen LogP contribution < -0.4 is 0 Å². The van der Waals surface area contributed by atoms with Gasteiger partial charge < -0.3 is 9.67 Å². The molecule has 0 aromatic carbocycles. The molecule has 2 aromatic heterocycles. The van der Waals surface area contributed by atoms with Crippen molar-refractivity contribution in [2.75, 3.05) is 0 Å². The molecule has 0 saturated carbocycles. The maximum absolute atomic E-state index is 10.2. The lowest BCUT2D eigenvalue weighted by atomic mass is 10.0. The van der Waals surface area contributed by atoms with Gasteiger partial charge in [0, 0.05) is 32.1 Å². The Kier molecular flexibility index (Phi) is 4.10. The highest BCUT2D eigenvalue weighted by molar-refractivity contribution is 5.21. The lowest BCUT2D eigenvalue weighted by Crippen LogP contribution is -2.07. The van der Waals surface area contributed by atoms with E-state index in [1.165, 1.54) is 0 Å². The number of aliphatic hydroxyl groups excluding tert-OH is 1. The zero-order valence-electron chi connectivity index (χ0n) is 10.9. The summed E-state index contributed by atoms with van der Waals surface area (Å²) in [6.07, 6.45) is 7.21. The monoisotopic (exact) mass is 245 g/mol. The highest BCUT2D eigenvalue weighted by atomic mass is 16.3. The normalized spacial score (nSPS) is 12.6. The maximum Gasteiger partial charge on any atom is 0.108 e. The molecule has 18 heavy (non-hydrogen) atoms. The number of pyridine rings is 1. The molecule has 2 aromatic rings. The van der Waals surface area contributed by atoms with Crippen LogP contribution in [0.3, 0.4) is 0 Å². The summed E-state index contributed by atoms with van der Waals surface area (Å²) >= 11 is 0. The molecule has 1 atom stereocenters. The van der Waals surface area contributed by atoms with Crippen LogP contribution in [0.2, 0.25) is 0 Å². The van der Waals surface area contributed by atoms with Gasteiger partial charge in [0.05, 0.1) is 11.8 Å². The van der Waals surface area contributed by atoms with E-state index in [2.05, 4.69) is 16.9 Å². The predicted octanol–water partition coefficient (Wildman–Crippen LogP) is 2.04. The zero-order valence-corrected chi connectivity index (χ0v) is 10.9. The van der Waals surface area contributed by atoms with Crippen molar-refractivity contribution < 1.29 is 5.11 Å². The molecule has 0 bridgehead atoms. The molecule has 2 heterocycles. The van der Waals surface area contributed by atoms with E-state index in [0.717, 1.165) is 29.9 Å². The van der Waals surface area contributed by atoms with Crippen molar-refractivity contribution in [3.05, 3.63) is 47.8 Å². The molecule has 0 saturated heterocycles. The van der Waals surface area contributed by atoms with Gasteiger partial charge in [0.25, 0.3) is 0 Å². The van der Waals surface area contributed by atoms with Gasteiger partial charge in [-0.3, -0.25) is 4.98 Å². The van der Waals surface area contributed by atoms with Crippen molar-refractivity contribution in [1.29, 1.82) is 0 Å². The zero-order chi connectivity index (χ0) is 13.0. The number of hydrogen-bond acceptors (Lipinski definition) is 3. The molecule has 96 valence electrons. The number of aliphatic hydroxyl groups is 1. The Hall–Kier alpha value is -1.68. The second kappa shape index (κ2) is 5.78. The molecular formula is C14H19N3O. The first-order chi connectivity index (χ1) is 8.72. The first-order valence-corrected chi connectivity index (χ1v) is 6.30. The van der Waals surface area contributed by atoms with Gasteiger partial charge in [-0.25, -0.2) is 4.98 Å². The molecule has 4 heteroatoms. The summed E-state index contributed by atoms with van der Waals surface area (Å²) in [5, 5.41) is 10.2. The number of aromatic nitrogens is 3. The van der Waals surface area contributed by atoms with Crippen molar-refractivity contribution in [3.8, 4) is 0 Å². The molecule has 0 amide bonds.